The first-order valence-electron chi connectivity index (χ1n) is 5.39. The molecule has 88 valence electrons. The van der Waals surface area contributed by atoms with E-state index in [2.05, 4.69) is 4.98 Å². The molecule has 0 spiro atoms. The van der Waals surface area contributed by atoms with Gasteiger partial charge in [0.15, 0.2) is 0 Å². The summed E-state index contributed by atoms with van der Waals surface area (Å²) in [7, 11) is 1.45. The first kappa shape index (κ1) is 10.9. The Morgan fingerprint density at radius 1 is 1.50 bits per heavy atom. The fraction of sp³-hybridized carbons (Fsp3) is 0.600. The summed E-state index contributed by atoms with van der Waals surface area (Å²) >= 11 is 0. The minimum atomic E-state index is -0.387. The average Bonchev–Trinajstić information content (AvgIpc) is 2.25. The molecule has 3 N–H and O–H groups in total. The highest BCUT2D eigenvalue weighted by molar-refractivity contribution is 5.37. The van der Waals surface area contributed by atoms with Crippen molar-refractivity contribution in [2.75, 3.05) is 18.0 Å². The summed E-state index contributed by atoms with van der Waals surface area (Å²) in [5, 5.41) is 0. The Morgan fingerprint density at radius 3 is 2.88 bits per heavy atom. The van der Waals surface area contributed by atoms with Crippen LogP contribution in [0.1, 0.15) is 12.8 Å². The molecule has 1 aliphatic heterocycles. The Hall–Kier alpha value is -1.56. The number of aromatic amines is 1. The van der Waals surface area contributed by atoms with Crippen molar-refractivity contribution in [1.29, 1.82) is 0 Å². The molecule has 0 radical (unpaired) electrons. The summed E-state index contributed by atoms with van der Waals surface area (Å²) in [5.41, 5.74) is 5.17. The summed E-state index contributed by atoms with van der Waals surface area (Å²) in [5.74, 6) is 0.572. The maximum Gasteiger partial charge on any atom is 0.329 e. The van der Waals surface area contributed by atoms with E-state index < -0.39 is 0 Å². The van der Waals surface area contributed by atoms with Gasteiger partial charge in [-0.1, -0.05) is 0 Å². The molecule has 0 bridgehead atoms. The van der Waals surface area contributed by atoms with Crippen LogP contribution in [0.2, 0.25) is 0 Å². The van der Waals surface area contributed by atoms with Gasteiger partial charge in [0, 0.05) is 32.2 Å². The molecule has 16 heavy (non-hydrogen) atoms. The molecule has 6 nitrogen and oxygen atoms in total. The number of nitrogens with zero attached hydrogens (tertiary/aromatic N) is 2. The zero-order valence-electron chi connectivity index (χ0n) is 9.27. The first-order chi connectivity index (χ1) is 7.58. The van der Waals surface area contributed by atoms with E-state index in [1.54, 1.807) is 0 Å². The van der Waals surface area contributed by atoms with Gasteiger partial charge in [0.05, 0.1) is 0 Å². The third-order valence-electron chi connectivity index (χ3n) is 2.93. The molecule has 1 aromatic rings. The lowest BCUT2D eigenvalue weighted by molar-refractivity contribution is 0.501. The van der Waals surface area contributed by atoms with Gasteiger partial charge in [-0.15, -0.1) is 0 Å². The first-order valence-corrected chi connectivity index (χ1v) is 5.39. The lowest BCUT2D eigenvalue weighted by atomic mass is 10.1. The lowest BCUT2D eigenvalue weighted by Gasteiger charge is -2.31. The minimum absolute atomic E-state index is 0.112. The highest BCUT2D eigenvalue weighted by Gasteiger charge is 2.18. The van der Waals surface area contributed by atoms with Crippen molar-refractivity contribution in [3.05, 3.63) is 26.9 Å². The smallest absolute Gasteiger partial charge is 0.329 e. The number of nitrogens with two attached hydrogens (primary N) is 1. The fourth-order valence-electron chi connectivity index (χ4n) is 1.94. The SMILES string of the molecule is Cn1c(=O)cc(N2CCCC(N)C2)[nH]c1=O. The van der Waals surface area contributed by atoms with Crippen molar-refractivity contribution in [3.8, 4) is 0 Å². The van der Waals surface area contributed by atoms with Crippen LogP contribution in [0.15, 0.2) is 15.7 Å². The maximum atomic E-state index is 11.5. The molecule has 6 heteroatoms. The van der Waals surface area contributed by atoms with Gasteiger partial charge in [-0.25, -0.2) is 4.79 Å². The van der Waals surface area contributed by atoms with Gasteiger partial charge >= 0.3 is 5.69 Å². The van der Waals surface area contributed by atoms with Crippen LogP contribution in [-0.2, 0) is 7.05 Å². The molecule has 1 atom stereocenters. The standard InChI is InChI=1S/C10H16N4O2/c1-13-9(15)5-8(12-10(13)16)14-4-2-3-7(11)6-14/h5,7H,2-4,6,11H2,1H3,(H,12,16). The molecular formula is C10H16N4O2. The van der Waals surface area contributed by atoms with Crippen LogP contribution in [-0.4, -0.2) is 28.7 Å². The Balaban J connectivity index is 2.34. The molecular weight excluding hydrogens is 208 g/mol. The van der Waals surface area contributed by atoms with Gasteiger partial charge < -0.3 is 10.6 Å². The van der Waals surface area contributed by atoms with E-state index in [-0.39, 0.29) is 17.3 Å². The van der Waals surface area contributed by atoms with Crippen molar-refractivity contribution in [2.24, 2.45) is 12.8 Å². The van der Waals surface area contributed by atoms with Gasteiger partial charge in [0.25, 0.3) is 5.56 Å². The van der Waals surface area contributed by atoms with E-state index in [1.165, 1.54) is 13.1 Å². The van der Waals surface area contributed by atoms with Crippen LogP contribution < -0.4 is 21.9 Å². The van der Waals surface area contributed by atoms with E-state index in [4.69, 9.17) is 5.73 Å². The van der Waals surface area contributed by atoms with Crippen LogP contribution >= 0.6 is 0 Å². The van der Waals surface area contributed by atoms with Gasteiger partial charge in [0.2, 0.25) is 0 Å². The van der Waals surface area contributed by atoms with Crippen LogP contribution in [0.5, 0.6) is 0 Å². The lowest BCUT2D eigenvalue weighted by Crippen LogP contribution is -2.45. The van der Waals surface area contributed by atoms with Crippen LogP contribution in [0.4, 0.5) is 5.82 Å². The second-order valence-electron chi connectivity index (χ2n) is 4.21. The van der Waals surface area contributed by atoms with Gasteiger partial charge in [-0.3, -0.25) is 14.3 Å². The molecule has 2 heterocycles. The molecule has 0 aromatic carbocycles. The third kappa shape index (κ3) is 2.01. The predicted octanol–water partition coefficient (Wildman–Crippen LogP) is -0.999. The zero-order chi connectivity index (χ0) is 11.7. The number of nitrogens with one attached hydrogen (secondary N) is 1. The largest absolute Gasteiger partial charge is 0.356 e. The Labute approximate surface area is 92.7 Å². The van der Waals surface area contributed by atoms with Crippen molar-refractivity contribution in [2.45, 2.75) is 18.9 Å². The number of aromatic nitrogens is 2. The van der Waals surface area contributed by atoms with Crippen molar-refractivity contribution in [1.82, 2.24) is 9.55 Å². The van der Waals surface area contributed by atoms with E-state index in [0.29, 0.717) is 12.4 Å². The fourth-order valence-corrected chi connectivity index (χ4v) is 1.94. The summed E-state index contributed by atoms with van der Waals surface area (Å²) in [6.45, 7) is 1.51. The maximum absolute atomic E-state index is 11.5. The van der Waals surface area contributed by atoms with E-state index in [9.17, 15) is 9.59 Å². The zero-order valence-corrected chi connectivity index (χ0v) is 9.27. The molecule has 1 aromatic heterocycles. The Morgan fingerprint density at radius 2 is 2.25 bits per heavy atom. The predicted molar refractivity (Wildman–Crippen MR) is 61.7 cm³/mol. The summed E-state index contributed by atoms with van der Waals surface area (Å²) in [6, 6.07) is 1.56. The number of rotatable bonds is 1. The van der Waals surface area contributed by atoms with Crippen LogP contribution in [0.3, 0.4) is 0 Å². The number of hydrogen-bond donors (Lipinski definition) is 2. The number of H-pyrrole nitrogens is 1. The van der Waals surface area contributed by atoms with Gasteiger partial charge in [-0.2, -0.15) is 0 Å². The highest BCUT2D eigenvalue weighted by atomic mass is 16.2. The average molecular weight is 224 g/mol. The quantitative estimate of drug-likeness (QED) is 0.641. The molecule has 0 saturated carbocycles. The number of piperidine rings is 1. The molecule has 2 rings (SSSR count). The van der Waals surface area contributed by atoms with Gasteiger partial charge in [0.1, 0.15) is 5.82 Å². The van der Waals surface area contributed by atoms with Crippen molar-refractivity contribution >= 4 is 5.82 Å². The van der Waals surface area contributed by atoms with E-state index in [0.717, 1.165) is 24.0 Å². The van der Waals surface area contributed by atoms with E-state index in [1.807, 2.05) is 4.90 Å². The Bertz CT molecular complexity index is 459. The van der Waals surface area contributed by atoms with Crippen molar-refractivity contribution < 1.29 is 0 Å². The molecule has 0 aliphatic carbocycles. The summed E-state index contributed by atoms with van der Waals surface area (Å²) in [4.78, 5) is 27.5. The normalized spacial score (nSPS) is 21.1. The van der Waals surface area contributed by atoms with E-state index >= 15 is 0 Å². The number of hydrogen-bond acceptors (Lipinski definition) is 4. The molecule has 1 saturated heterocycles. The van der Waals surface area contributed by atoms with Gasteiger partial charge in [-0.05, 0) is 12.8 Å². The van der Waals surface area contributed by atoms with Crippen molar-refractivity contribution in [3.63, 3.8) is 0 Å². The summed E-state index contributed by atoms with van der Waals surface area (Å²) < 4.78 is 1.05. The highest BCUT2D eigenvalue weighted by Crippen LogP contribution is 2.13. The molecule has 0 amide bonds. The Kier molecular flexibility index (Phi) is 2.82. The second kappa shape index (κ2) is 4.13. The minimum Gasteiger partial charge on any atom is -0.356 e. The molecule has 1 aliphatic rings. The monoisotopic (exact) mass is 224 g/mol. The topological polar surface area (TPSA) is 84.1 Å². The van der Waals surface area contributed by atoms with Crippen LogP contribution in [0.25, 0.3) is 0 Å². The summed E-state index contributed by atoms with van der Waals surface area (Å²) in [6.07, 6.45) is 1.98. The van der Waals surface area contributed by atoms with Crippen LogP contribution in [0, 0.1) is 0 Å². The molecule has 1 unspecified atom stereocenters. The second-order valence-corrected chi connectivity index (χ2v) is 4.21. The number of anilines is 1. The molecule has 1 fully saturated rings. The third-order valence-corrected chi connectivity index (χ3v) is 2.93.